The molecule has 2 aromatic rings. The van der Waals surface area contributed by atoms with Crippen LogP contribution in [0.25, 0.3) is 5.69 Å². The van der Waals surface area contributed by atoms with Crippen LogP contribution < -0.4 is 5.73 Å². The summed E-state index contributed by atoms with van der Waals surface area (Å²) in [6.07, 6.45) is 7.12. The summed E-state index contributed by atoms with van der Waals surface area (Å²) in [5.74, 6) is 0.899. The van der Waals surface area contributed by atoms with Gasteiger partial charge < -0.3 is 5.73 Å². The van der Waals surface area contributed by atoms with Crippen LogP contribution in [-0.4, -0.2) is 50.2 Å². The summed E-state index contributed by atoms with van der Waals surface area (Å²) in [7, 11) is 0. The van der Waals surface area contributed by atoms with E-state index >= 15 is 0 Å². The summed E-state index contributed by atoms with van der Waals surface area (Å²) in [4.78, 5) is 21.6. The quantitative estimate of drug-likeness (QED) is 0.874. The monoisotopic (exact) mass is 286 g/mol. The van der Waals surface area contributed by atoms with E-state index < -0.39 is 0 Å². The Balaban J connectivity index is 1.81. The topological polar surface area (TPSA) is 89.9 Å². The molecule has 0 unspecified atom stereocenters. The Bertz CT molecular complexity index is 611. The molecular weight excluding hydrogens is 268 g/mol. The number of hydrogen-bond donors (Lipinski definition) is 1. The highest BCUT2D eigenvalue weighted by molar-refractivity contribution is 5.75. The van der Waals surface area contributed by atoms with E-state index in [2.05, 4.69) is 20.0 Å². The van der Waals surface area contributed by atoms with Crippen molar-refractivity contribution >= 4 is 5.91 Å². The van der Waals surface area contributed by atoms with Crippen LogP contribution >= 0.6 is 0 Å². The number of hydrogen-bond acceptors (Lipinski definition) is 5. The SMILES string of the molecule is NC(=O)CN1CCC[C@@H](c2ncnn2-c2ccncc2)C1. The maximum atomic E-state index is 11.1. The fourth-order valence-corrected chi connectivity index (χ4v) is 2.84. The smallest absolute Gasteiger partial charge is 0.231 e. The van der Waals surface area contributed by atoms with Crippen LogP contribution in [-0.2, 0) is 4.79 Å². The Labute approximate surface area is 122 Å². The zero-order valence-corrected chi connectivity index (χ0v) is 11.7. The second-order valence-corrected chi connectivity index (χ2v) is 5.28. The maximum absolute atomic E-state index is 11.1. The Kier molecular flexibility index (Phi) is 3.92. The maximum Gasteiger partial charge on any atom is 0.231 e. The molecule has 0 saturated carbocycles. The number of primary amides is 1. The van der Waals surface area contributed by atoms with Gasteiger partial charge in [0.1, 0.15) is 12.2 Å². The lowest BCUT2D eigenvalue weighted by molar-refractivity contribution is -0.119. The zero-order chi connectivity index (χ0) is 14.7. The number of carbonyl (C=O) groups excluding carboxylic acids is 1. The zero-order valence-electron chi connectivity index (χ0n) is 11.7. The van der Waals surface area contributed by atoms with Crippen molar-refractivity contribution < 1.29 is 4.79 Å². The van der Waals surface area contributed by atoms with E-state index in [4.69, 9.17) is 5.73 Å². The summed E-state index contributed by atoms with van der Waals surface area (Å²) in [6.45, 7) is 2.00. The van der Waals surface area contributed by atoms with Gasteiger partial charge in [0, 0.05) is 24.9 Å². The molecular formula is C14H18N6O. The molecule has 7 nitrogen and oxygen atoms in total. The number of amides is 1. The number of pyridine rings is 1. The van der Waals surface area contributed by atoms with Crippen molar-refractivity contribution in [3.63, 3.8) is 0 Å². The highest BCUT2D eigenvalue weighted by Gasteiger charge is 2.26. The van der Waals surface area contributed by atoms with Gasteiger partial charge in [0.25, 0.3) is 0 Å². The minimum absolute atomic E-state index is 0.258. The Morgan fingerprint density at radius 2 is 2.19 bits per heavy atom. The lowest BCUT2D eigenvalue weighted by Crippen LogP contribution is -2.40. The molecule has 3 heterocycles. The summed E-state index contributed by atoms with van der Waals surface area (Å²) in [5.41, 5.74) is 6.24. The minimum atomic E-state index is -0.286. The Morgan fingerprint density at radius 1 is 1.38 bits per heavy atom. The van der Waals surface area contributed by atoms with Crippen LogP contribution in [0.15, 0.2) is 30.9 Å². The molecule has 0 bridgehead atoms. The van der Waals surface area contributed by atoms with Crippen LogP contribution in [0.2, 0.25) is 0 Å². The minimum Gasteiger partial charge on any atom is -0.369 e. The van der Waals surface area contributed by atoms with Gasteiger partial charge in [-0.05, 0) is 31.5 Å². The van der Waals surface area contributed by atoms with Crippen molar-refractivity contribution in [3.05, 3.63) is 36.7 Å². The number of nitrogens with zero attached hydrogens (tertiary/aromatic N) is 5. The van der Waals surface area contributed by atoms with Gasteiger partial charge in [-0.3, -0.25) is 14.7 Å². The van der Waals surface area contributed by atoms with Gasteiger partial charge in [-0.1, -0.05) is 0 Å². The molecule has 21 heavy (non-hydrogen) atoms. The van der Waals surface area contributed by atoms with E-state index in [9.17, 15) is 4.79 Å². The highest BCUT2D eigenvalue weighted by atomic mass is 16.1. The standard InChI is InChI=1S/C14H18N6O/c15-13(21)9-19-7-1-2-11(8-19)14-17-10-18-20(14)12-3-5-16-6-4-12/h3-6,10-11H,1-2,7-9H2,(H2,15,21)/t11-/m1/s1. The van der Waals surface area contributed by atoms with Gasteiger partial charge in [0.15, 0.2) is 0 Å². The first-order chi connectivity index (χ1) is 10.2. The number of rotatable bonds is 4. The van der Waals surface area contributed by atoms with Crippen molar-refractivity contribution in [2.45, 2.75) is 18.8 Å². The molecule has 7 heteroatoms. The summed E-state index contributed by atoms with van der Waals surface area (Å²) >= 11 is 0. The van der Waals surface area contributed by atoms with Crippen molar-refractivity contribution in [1.82, 2.24) is 24.6 Å². The molecule has 1 saturated heterocycles. The van der Waals surface area contributed by atoms with Gasteiger partial charge in [0.05, 0.1) is 12.2 Å². The number of likely N-dealkylation sites (tertiary alicyclic amines) is 1. The van der Waals surface area contributed by atoms with Crippen molar-refractivity contribution in [3.8, 4) is 5.69 Å². The molecule has 1 aliphatic heterocycles. The highest BCUT2D eigenvalue weighted by Crippen LogP contribution is 2.26. The van der Waals surface area contributed by atoms with Crippen LogP contribution in [0.3, 0.4) is 0 Å². The second-order valence-electron chi connectivity index (χ2n) is 5.28. The predicted molar refractivity (Wildman–Crippen MR) is 76.8 cm³/mol. The molecule has 1 aliphatic rings. The van der Waals surface area contributed by atoms with Gasteiger partial charge in [-0.2, -0.15) is 5.10 Å². The normalized spacial score (nSPS) is 19.5. The molecule has 3 rings (SSSR count). The third kappa shape index (κ3) is 3.08. The Morgan fingerprint density at radius 3 is 2.95 bits per heavy atom. The van der Waals surface area contributed by atoms with E-state index in [1.54, 1.807) is 18.7 Å². The van der Waals surface area contributed by atoms with Gasteiger partial charge in [-0.25, -0.2) is 9.67 Å². The lowest BCUT2D eigenvalue weighted by Gasteiger charge is -2.31. The second kappa shape index (κ2) is 6.01. The first kappa shape index (κ1) is 13.7. The molecule has 2 N–H and O–H groups in total. The molecule has 0 spiro atoms. The molecule has 2 aromatic heterocycles. The van der Waals surface area contributed by atoms with Crippen molar-refractivity contribution in [2.75, 3.05) is 19.6 Å². The van der Waals surface area contributed by atoms with Gasteiger partial charge >= 0.3 is 0 Å². The van der Waals surface area contributed by atoms with Gasteiger partial charge in [0.2, 0.25) is 5.91 Å². The number of nitrogens with two attached hydrogens (primary N) is 1. The molecule has 0 radical (unpaired) electrons. The number of piperidine rings is 1. The lowest BCUT2D eigenvalue weighted by atomic mass is 9.97. The number of aromatic nitrogens is 4. The third-order valence-corrected chi connectivity index (χ3v) is 3.73. The van der Waals surface area contributed by atoms with Crippen LogP contribution in [0, 0.1) is 0 Å². The van der Waals surface area contributed by atoms with Crippen LogP contribution in [0.1, 0.15) is 24.6 Å². The fourth-order valence-electron chi connectivity index (χ4n) is 2.84. The Hall–Kier alpha value is -2.28. The number of carbonyl (C=O) groups is 1. The molecule has 0 aliphatic carbocycles. The van der Waals surface area contributed by atoms with Crippen LogP contribution in [0.4, 0.5) is 0 Å². The molecule has 0 aromatic carbocycles. The van der Waals surface area contributed by atoms with E-state index in [-0.39, 0.29) is 11.8 Å². The molecule has 110 valence electrons. The van der Waals surface area contributed by atoms with E-state index in [0.717, 1.165) is 37.4 Å². The largest absolute Gasteiger partial charge is 0.369 e. The summed E-state index contributed by atoms with van der Waals surface area (Å²) in [6, 6.07) is 3.81. The van der Waals surface area contributed by atoms with Crippen LogP contribution in [0.5, 0.6) is 0 Å². The summed E-state index contributed by atoms with van der Waals surface area (Å²) in [5, 5.41) is 4.32. The molecule has 1 amide bonds. The van der Waals surface area contributed by atoms with Crippen molar-refractivity contribution in [2.24, 2.45) is 5.73 Å². The van der Waals surface area contributed by atoms with Gasteiger partial charge in [-0.15, -0.1) is 0 Å². The third-order valence-electron chi connectivity index (χ3n) is 3.73. The van der Waals surface area contributed by atoms with E-state index in [0.29, 0.717) is 6.54 Å². The van der Waals surface area contributed by atoms with E-state index in [1.165, 1.54) is 0 Å². The predicted octanol–water partition coefficient (Wildman–Crippen LogP) is 0.327. The fraction of sp³-hybridized carbons (Fsp3) is 0.429. The van der Waals surface area contributed by atoms with E-state index in [1.807, 2.05) is 16.8 Å². The summed E-state index contributed by atoms with van der Waals surface area (Å²) < 4.78 is 1.85. The molecule has 1 fully saturated rings. The first-order valence-electron chi connectivity index (χ1n) is 7.05. The first-order valence-corrected chi connectivity index (χ1v) is 7.05. The average Bonchev–Trinajstić information content (AvgIpc) is 2.97. The average molecular weight is 286 g/mol. The molecule has 1 atom stereocenters. The van der Waals surface area contributed by atoms with Crippen molar-refractivity contribution in [1.29, 1.82) is 0 Å².